The predicted octanol–water partition coefficient (Wildman–Crippen LogP) is 1.95. The van der Waals surface area contributed by atoms with Crippen molar-refractivity contribution in [1.29, 1.82) is 0 Å². The lowest BCUT2D eigenvalue weighted by molar-refractivity contribution is -0.0136. The molecule has 118 valence electrons. The zero-order valence-electron chi connectivity index (χ0n) is 12.6. The summed E-state index contributed by atoms with van der Waals surface area (Å²) in [4.78, 5) is 4.38. The highest BCUT2D eigenvalue weighted by Crippen LogP contribution is 2.34. The van der Waals surface area contributed by atoms with Gasteiger partial charge in [0.05, 0.1) is 30.5 Å². The number of anilines is 1. The number of aliphatic hydroxyl groups excluding tert-OH is 1. The first-order valence-corrected chi connectivity index (χ1v) is 8.18. The van der Waals surface area contributed by atoms with E-state index in [1.165, 1.54) is 31.4 Å². The van der Waals surface area contributed by atoms with Gasteiger partial charge < -0.3 is 15.2 Å². The highest BCUT2D eigenvalue weighted by molar-refractivity contribution is 5.48. The molecule has 0 aromatic carbocycles. The van der Waals surface area contributed by atoms with Crippen LogP contribution in [0.3, 0.4) is 0 Å². The summed E-state index contributed by atoms with van der Waals surface area (Å²) >= 11 is 0. The number of aliphatic hydroxyl groups is 1. The van der Waals surface area contributed by atoms with E-state index < -0.39 is 6.10 Å². The lowest BCUT2D eigenvalue weighted by Crippen LogP contribution is -2.42. The molecule has 6 nitrogen and oxygen atoms in total. The van der Waals surface area contributed by atoms with Crippen LogP contribution >= 0.6 is 0 Å². The second-order valence-electron chi connectivity index (χ2n) is 6.34. The Labute approximate surface area is 129 Å². The van der Waals surface area contributed by atoms with E-state index >= 15 is 0 Å². The van der Waals surface area contributed by atoms with E-state index in [0.717, 1.165) is 11.9 Å². The van der Waals surface area contributed by atoms with Gasteiger partial charge in [-0.15, -0.1) is 5.10 Å². The fourth-order valence-corrected chi connectivity index (χ4v) is 3.58. The van der Waals surface area contributed by atoms with Gasteiger partial charge in [0.15, 0.2) is 0 Å². The first-order chi connectivity index (χ1) is 10.8. The Morgan fingerprint density at radius 3 is 2.91 bits per heavy atom. The maximum Gasteiger partial charge on any atom is 0.241 e. The third-order valence-corrected chi connectivity index (χ3v) is 4.84. The highest BCUT2D eigenvalue weighted by atomic mass is 16.5. The van der Waals surface area contributed by atoms with Gasteiger partial charge in [-0.3, -0.25) is 0 Å². The van der Waals surface area contributed by atoms with Crippen molar-refractivity contribution in [2.24, 2.45) is 0 Å². The van der Waals surface area contributed by atoms with Crippen molar-refractivity contribution in [3.63, 3.8) is 0 Å². The molecule has 2 aromatic heterocycles. The first-order valence-electron chi connectivity index (χ1n) is 8.18. The van der Waals surface area contributed by atoms with Gasteiger partial charge in [0.25, 0.3) is 0 Å². The maximum absolute atomic E-state index is 9.98. The minimum absolute atomic E-state index is 0.0447. The Morgan fingerprint density at radius 1 is 1.23 bits per heavy atom. The number of rotatable bonds is 3. The van der Waals surface area contributed by atoms with Gasteiger partial charge in [0, 0.05) is 18.2 Å². The normalized spacial score (nSPS) is 26.6. The Morgan fingerprint density at radius 2 is 2.09 bits per heavy atom. The van der Waals surface area contributed by atoms with Crippen LogP contribution in [-0.4, -0.2) is 45.1 Å². The van der Waals surface area contributed by atoms with Gasteiger partial charge in [-0.1, -0.05) is 12.8 Å². The molecule has 1 aliphatic heterocycles. The summed E-state index contributed by atoms with van der Waals surface area (Å²) in [6, 6.07) is 4.21. The number of hydrogen-bond donors (Lipinski definition) is 2. The number of nitrogens with one attached hydrogen (secondary N) is 1. The molecule has 0 amide bonds. The van der Waals surface area contributed by atoms with E-state index in [2.05, 4.69) is 27.5 Å². The molecule has 0 radical (unpaired) electrons. The van der Waals surface area contributed by atoms with Crippen molar-refractivity contribution in [3.05, 3.63) is 24.0 Å². The third kappa shape index (κ3) is 2.57. The van der Waals surface area contributed by atoms with Gasteiger partial charge >= 0.3 is 0 Å². The van der Waals surface area contributed by atoms with Crippen molar-refractivity contribution in [2.45, 2.75) is 50.2 Å². The number of nitrogens with zero attached hydrogens (tertiary/aromatic N) is 3. The molecule has 3 heterocycles. The van der Waals surface area contributed by atoms with Gasteiger partial charge in [0.2, 0.25) is 5.95 Å². The van der Waals surface area contributed by atoms with E-state index in [9.17, 15) is 5.11 Å². The van der Waals surface area contributed by atoms with Crippen LogP contribution in [0.4, 0.5) is 5.95 Å². The van der Waals surface area contributed by atoms with Crippen molar-refractivity contribution < 1.29 is 9.84 Å². The second kappa shape index (κ2) is 5.85. The zero-order chi connectivity index (χ0) is 14.9. The number of fused-ring (bicyclic) bond motifs is 1. The summed E-state index contributed by atoms with van der Waals surface area (Å²) in [5.41, 5.74) is 2.31. The summed E-state index contributed by atoms with van der Waals surface area (Å²) in [5.74, 6) is 1.19. The molecule has 6 heteroatoms. The van der Waals surface area contributed by atoms with Crippen LogP contribution in [0.1, 0.15) is 43.7 Å². The Hall–Kier alpha value is -1.66. The fraction of sp³-hybridized carbons (Fsp3) is 0.625. The van der Waals surface area contributed by atoms with Crippen LogP contribution in [0, 0.1) is 0 Å². The van der Waals surface area contributed by atoms with Crippen LogP contribution in [0.2, 0.25) is 0 Å². The van der Waals surface area contributed by atoms with Crippen molar-refractivity contribution >= 4 is 11.5 Å². The SMILES string of the molecule is O[C@@H]1COCC[C@H]1Nc1ncc2ccc(C3CCCC3)n2n1. The Balaban J connectivity index is 1.60. The molecular formula is C16H22N4O2. The monoisotopic (exact) mass is 302 g/mol. The standard InChI is InChI=1S/C16H22N4O2/c21-15-10-22-8-7-13(15)18-16-17-9-12-5-6-14(20(12)19-16)11-3-1-2-4-11/h5-6,9,11,13,15,21H,1-4,7-8,10H2,(H,18,19)/t13-,15-/m1/s1. The van der Waals surface area contributed by atoms with E-state index in [-0.39, 0.29) is 6.04 Å². The molecule has 2 atom stereocenters. The molecule has 0 bridgehead atoms. The van der Waals surface area contributed by atoms with Gasteiger partial charge in [-0.25, -0.2) is 9.50 Å². The third-order valence-electron chi connectivity index (χ3n) is 4.84. The molecule has 2 aromatic rings. The number of ether oxygens (including phenoxy) is 1. The molecule has 0 unspecified atom stereocenters. The molecule has 0 spiro atoms. The van der Waals surface area contributed by atoms with E-state index in [1.807, 2.05) is 10.7 Å². The molecule has 22 heavy (non-hydrogen) atoms. The predicted molar refractivity (Wildman–Crippen MR) is 83.0 cm³/mol. The second-order valence-corrected chi connectivity index (χ2v) is 6.34. The van der Waals surface area contributed by atoms with Crippen molar-refractivity contribution in [2.75, 3.05) is 18.5 Å². The summed E-state index contributed by atoms with van der Waals surface area (Å²) in [5, 5.41) is 17.9. The van der Waals surface area contributed by atoms with Crippen LogP contribution in [0.25, 0.3) is 5.52 Å². The lowest BCUT2D eigenvalue weighted by atomic mass is 10.1. The Bertz CT molecular complexity index is 651. The number of aromatic nitrogens is 3. The van der Waals surface area contributed by atoms with Crippen LogP contribution in [0.15, 0.2) is 18.3 Å². The van der Waals surface area contributed by atoms with E-state index in [4.69, 9.17) is 4.74 Å². The average molecular weight is 302 g/mol. The van der Waals surface area contributed by atoms with Crippen LogP contribution in [-0.2, 0) is 4.74 Å². The molecule has 4 rings (SSSR count). The number of hydrogen-bond acceptors (Lipinski definition) is 5. The summed E-state index contributed by atoms with van der Waals surface area (Å²) < 4.78 is 7.27. The summed E-state index contributed by atoms with van der Waals surface area (Å²) in [7, 11) is 0. The Kier molecular flexibility index (Phi) is 3.72. The van der Waals surface area contributed by atoms with Crippen molar-refractivity contribution in [1.82, 2.24) is 14.6 Å². The van der Waals surface area contributed by atoms with Gasteiger partial charge in [-0.05, 0) is 31.4 Å². The molecular weight excluding hydrogens is 280 g/mol. The fourth-order valence-electron chi connectivity index (χ4n) is 3.58. The highest BCUT2D eigenvalue weighted by Gasteiger charge is 2.25. The molecule has 2 N–H and O–H groups in total. The summed E-state index contributed by atoms with van der Waals surface area (Å²) in [6.07, 6.45) is 7.22. The maximum atomic E-state index is 9.98. The molecule has 1 saturated heterocycles. The molecule has 1 aliphatic carbocycles. The van der Waals surface area contributed by atoms with Gasteiger partial charge in [-0.2, -0.15) is 0 Å². The zero-order valence-corrected chi connectivity index (χ0v) is 12.6. The first kappa shape index (κ1) is 14.0. The van der Waals surface area contributed by atoms with Gasteiger partial charge in [0.1, 0.15) is 0 Å². The van der Waals surface area contributed by atoms with Crippen LogP contribution < -0.4 is 5.32 Å². The molecule has 1 saturated carbocycles. The van der Waals surface area contributed by atoms with Crippen molar-refractivity contribution in [3.8, 4) is 0 Å². The van der Waals surface area contributed by atoms with Crippen LogP contribution in [0.5, 0.6) is 0 Å². The largest absolute Gasteiger partial charge is 0.389 e. The van der Waals surface area contributed by atoms with E-state index in [0.29, 0.717) is 25.1 Å². The lowest BCUT2D eigenvalue weighted by Gasteiger charge is -2.28. The molecule has 2 aliphatic rings. The molecule has 2 fully saturated rings. The topological polar surface area (TPSA) is 71.7 Å². The average Bonchev–Trinajstić information content (AvgIpc) is 3.18. The minimum Gasteiger partial charge on any atom is -0.389 e. The summed E-state index contributed by atoms with van der Waals surface area (Å²) in [6.45, 7) is 1.03. The smallest absolute Gasteiger partial charge is 0.241 e. The van der Waals surface area contributed by atoms with E-state index in [1.54, 1.807) is 0 Å². The quantitative estimate of drug-likeness (QED) is 0.906. The minimum atomic E-state index is -0.507.